The van der Waals surface area contributed by atoms with Crippen LogP contribution in [0, 0.1) is 0 Å². The Hall–Kier alpha value is -1.45. The molecule has 0 spiro atoms. The molecule has 0 N–H and O–H groups in total. The standard InChI is InChI=1S/C12H15NO3S/c1-9(2)17(15,16)12-7-5-4-6-11(12)10(3)13-8-14/h4-7,9-10H,1-3H3. The molecule has 1 aromatic carbocycles. The highest BCUT2D eigenvalue weighted by Gasteiger charge is 2.24. The average Bonchev–Trinajstić information content (AvgIpc) is 2.29. The van der Waals surface area contributed by atoms with Crippen LogP contribution in [0.25, 0.3) is 0 Å². The largest absolute Gasteiger partial charge is 0.235 e. The van der Waals surface area contributed by atoms with Gasteiger partial charge in [0, 0.05) is 0 Å². The van der Waals surface area contributed by atoms with Gasteiger partial charge in [0.1, 0.15) is 0 Å². The highest BCUT2D eigenvalue weighted by Crippen LogP contribution is 2.27. The molecular formula is C12H15NO3S. The summed E-state index contributed by atoms with van der Waals surface area (Å²) in [5.41, 5.74) is 0.532. The molecule has 0 aliphatic heterocycles. The van der Waals surface area contributed by atoms with Gasteiger partial charge in [-0.25, -0.2) is 13.2 Å². The molecule has 17 heavy (non-hydrogen) atoms. The molecule has 0 aliphatic rings. The van der Waals surface area contributed by atoms with Crippen molar-refractivity contribution in [2.75, 3.05) is 0 Å². The van der Waals surface area contributed by atoms with Crippen LogP contribution in [0.4, 0.5) is 0 Å². The lowest BCUT2D eigenvalue weighted by atomic mass is 10.1. The molecule has 0 bridgehead atoms. The molecule has 1 rings (SSSR count). The topological polar surface area (TPSA) is 63.6 Å². The molecule has 0 saturated heterocycles. The Labute approximate surface area is 101 Å². The third-order valence-electron chi connectivity index (χ3n) is 2.54. The van der Waals surface area contributed by atoms with Crippen molar-refractivity contribution in [3.8, 4) is 0 Å². The van der Waals surface area contributed by atoms with Gasteiger partial charge in [-0.3, -0.25) is 0 Å². The molecule has 5 heteroatoms. The molecule has 0 radical (unpaired) electrons. The Bertz CT molecular complexity index is 543. The molecule has 0 aliphatic carbocycles. The molecule has 4 nitrogen and oxygen atoms in total. The van der Waals surface area contributed by atoms with E-state index in [4.69, 9.17) is 0 Å². The summed E-state index contributed by atoms with van der Waals surface area (Å²) in [7, 11) is -3.36. The van der Waals surface area contributed by atoms with Crippen LogP contribution in [0.1, 0.15) is 32.4 Å². The number of hydrogen-bond donors (Lipinski definition) is 0. The Morgan fingerprint density at radius 1 is 1.18 bits per heavy atom. The summed E-state index contributed by atoms with van der Waals surface area (Å²) in [6.45, 7) is 4.92. The van der Waals surface area contributed by atoms with Crippen LogP contribution in [0.2, 0.25) is 0 Å². The lowest BCUT2D eigenvalue weighted by molar-refractivity contribution is 0.558. The molecule has 1 unspecified atom stereocenters. The van der Waals surface area contributed by atoms with E-state index in [1.165, 1.54) is 6.08 Å². The molecule has 1 aromatic rings. The minimum atomic E-state index is -3.36. The maximum atomic E-state index is 12.1. The van der Waals surface area contributed by atoms with Gasteiger partial charge in [0.2, 0.25) is 6.08 Å². The van der Waals surface area contributed by atoms with E-state index in [0.717, 1.165) is 0 Å². The van der Waals surface area contributed by atoms with E-state index in [0.29, 0.717) is 5.56 Å². The molecule has 92 valence electrons. The van der Waals surface area contributed by atoms with E-state index in [1.807, 2.05) is 0 Å². The Balaban J connectivity index is 3.41. The van der Waals surface area contributed by atoms with Crippen molar-refractivity contribution in [3.63, 3.8) is 0 Å². The normalized spacial score (nSPS) is 13.2. The lowest BCUT2D eigenvalue weighted by Gasteiger charge is -2.14. The van der Waals surface area contributed by atoms with Crippen molar-refractivity contribution in [3.05, 3.63) is 29.8 Å². The number of aliphatic imine (C=N–C) groups is 1. The molecule has 1 atom stereocenters. The Morgan fingerprint density at radius 2 is 1.76 bits per heavy atom. The first-order valence-electron chi connectivity index (χ1n) is 5.31. The number of sulfone groups is 1. The molecular weight excluding hydrogens is 238 g/mol. The van der Waals surface area contributed by atoms with Crippen molar-refractivity contribution in [1.82, 2.24) is 0 Å². The minimum absolute atomic E-state index is 0.238. The average molecular weight is 253 g/mol. The van der Waals surface area contributed by atoms with Gasteiger partial charge in [0.25, 0.3) is 0 Å². The highest BCUT2D eigenvalue weighted by molar-refractivity contribution is 7.92. The number of carbonyl (C=O) groups excluding carboxylic acids is 1. The van der Waals surface area contributed by atoms with Crippen molar-refractivity contribution in [1.29, 1.82) is 0 Å². The zero-order chi connectivity index (χ0) is 13.1. The van der Waals surface area contributed by atoms with Crippen molar-refractivity contribution in [2.24, 2.45) is 4.99 Å². The predicted octanol–water partition coefficient (Wildman–Crippen LogP) is 2.27. The fourth-order valence-electron chi connectivity index (χ4n) is 1.49. The van der Waals surface area contributed by atoms with Crippen molar-refractivity contribution < 1.29 is 13.2 Å². The number of hydrogen-bond acceptors (Lipinski definition) is 4. The Kier molecular flexibility index (Phi) is 4.21. The third-order valence-corrected chi connectivity index (χ3v) is 4.77. The summed E-state index contributed by atoms with van der Waals surface area (Å²) in [4.78, 5) is 14.0. The van der Waals surface area contributed by atoms with Crippen LogP contribution in [0.5, 0.6) is 0 Å². The second kappa shape index (κ2) is 5.25. The fourth-order valence-corrected chi connectivity index (χ4v) is 2.83. The summed E-state index contributed by atoms with van der Waals surface area (Å²) in [5.74, 6) is 0. The maximum Gasteiger partial charge on any atom is 0.235 e. The lowest BCUT2D eigenvalue weighted by Crippen LogP contribution is -2.16. The molecule has 0 saturated carbocycles. The van der Waals surface area contributed by atoms with Gasteiger partial charge in [-0.1, -0.05) is 18.2 Å². The van der Waals surface area contributed by atoms with Gasteiger partial charge in [-0.2, -0.15) is 4.99 Å². The first-order valence-corrected chi connectivity index (χ1v) is 6.85. The number of isocyanates is 1. The zero-order valence-corrected chi connectivity index (χ0v) is 10.9. The van der Waals surface area contributed by atoms with E-state index >= 15 is 0 Å². The first kappa shape index (κ1) is 13.6. The van der Waals surface area contributed by atoms with Gasteiger partial charge in [-0.05, 0) is 32.4 Å². The van der Waals surface area contributed by atoms with Crippen molar-refractivity contribution in [2.45, 2.75) is 37.0 Å². The molecule has 0 amide bonds. The van der Waals surface area contributed by atoms with Crippen molar-refractivity contribution >= 4 is 15.9 Å². The first-order chi connectivity index (χ1) is 7.91. The van der Waals surface area contributed by atoms with Crippen LogP contribution in [0.3, 0.4) is 0 Å². The van der Waals surface area contributed by atoms with Crippen LogP contribution >= 0.6 is 0 Å². The van der Waals surface area contributed by atoms with E-state index < -0.39 is 21.1 Å². The second-order valence-corrected chi connectivity index (χ2v) is 6.50. The minimum Gasteiger partial charge on any atom is -0.223 e. The Morgan fingerprint density at radius 3 is 2.29 bits per heavy atom. The predicted molar refractivity (Wildman–Crippen MR) is 65.3 cm³/mol. The third kappa shape index (κ3) is 2.81. The summed E-state index contributed by atoms with van der Waals surface area (Å²) < 4.78 is 24.2. The molecule has 0 fully saturated rings. The van der Waals surface area contributed by atoms with Gasteiger partial charge in [-0.15, -0.1) is 0 Å². The number of benzene rings is 1. The fraction of sp³-hybridized carbons (Fsp3) is 0.417. The summed E-state index contributed by atoms with van der Waals surface area (Å²) in [5, 5.41) is -0.504. The maximum absolute atomic E-state index is 12.1. The molecule has 0 heterocycles. The summed E-state index contributed by atoms with van der Waals surface area (Å²) in [6, 6.07) is 6.10. The van der Waals surface area contributed by atoms with Gasteiger partial charge in [0.15, 0.2) is 9.84 Å². The number of rotatable bonds is 4. The van der Waals surface area contributed by atoms with E-state index in [2.05, 4.69) is 4.99 Å². The second-order valence-electron chi connectivity index (χ2n) is 4.03. The summed E-state index contributed by atoms with van der Waals surface area (Å²) >= 11 is 0. The smallest absolute Gasteiger partial charge is 0.223 e. The van der Waals surface area contributed by atoms with E-state index in [-0.39, 0.29) is 4.90 Å². The van der Waals surface area contributed by atoms with Crippen LogP contribution in [-0.4, -0.2) is 19.7 Å². The molecule has 0 aromatic heterocycles. The SMILES string of the molecule is CC(N=C=O)c1ccccc1S(=O)(=O)C(C)C. The van der Waals surface area contributed by atoms with E-state index in [1.54, 1.807) is 45.0 Å². The summed E-state index contributed by atoms with van der Waals surface area (Å²) in [6.07, 6.45) is 1.45. The monoisotopic (exact) mass is 253 g/mol. The highest BCUT2D eigenvalue weighted by atomic mass is 32.2. The van der Waals surface area contributed by atoms with Crippen LogP contribution in [-0.2, 0) is 14.6 Å². The number of nitrogens with zero attached hydrogens (tertiary/aromatic N) is 1. The van der Waals surface area contributed by atoms with Gasteiger partial charge in [0.05, 0.1) is 16.2 Å². The van der Waals surface area contributed by atoms with Gasteiger partial charge < -0.3 is 0 Å². The van der Waals surface area contributed by atoms with Gasteiger partial charge >= 0.3 is 0 Å². The van der Waals surface area contributed by atoms with Crippen LogP contribution in [0.15, 0.2) is 34.2 Å². The zero-order valence-electron chi connectivity index (χ0n) is 10.0. The quantitative estimate of drug-likeness (QED) is 0.610. The van der Waals surface area contributed by atoms with Crippen LogP contribution < -0.4 is 0 Å². The van der Waals surface area contributed by atoms with E-state index in [9.17, 15) is 13.2 Å².